The number of benzene rings is 3. The third-order valence-corrected chi connectivity index (χ3v) is 4.80. The Kier molecular flexibility index (Phi) is 5.94. The molecule has 0 unspecified atom stereocenters. The van der Waals surface area contributed by atoms with Gasteiger partial charge in [-0.2, -0.15) is 0 Å². The van der Waals surface area contributed by atoms with Gasteiger partial charge in [-0.15, -0.1) is 0 Å². The normalized spacial score (nSPS) is 13.2. The summed E-state index contributed by atoms with van der Waals surface area (Å²) in [7, 11) is 1.66. The average Bonchev–Trinajstić information content (AvgIpc) is 2.69. The highest BCUT2D eigenvalue weighted by Gasteiger charge is 2.33. The van der Waals surface area contributed by atoms with Crippen LogP contribution in [0.5, 0.6) is 5.75 Å². The van der Waals surface area contributed by atoms with Crippen molar-refractivity contribution < 1.29 is 15.2 Å². The first-order valence-electron chi connectivity index (χ1n) is 8.60. The molecular weight excluding hydrogens is 346 g/mol. The highest BCUT2D eigenvalue weighted by molar-refractivity contribution is 6.30. The van der Waals surface area contributed by atoms with E-state index >= 15 is 0 Å². The standard InChI is InChI=1S/C22H22ClNO2/c1-26-21-13-7-17(8-14-21)15-24-16-22(25,18-5-3-2-4-6-18)19-9-11-20(23)12-10-19/h2-14,24-25H,15-16H2,1H3/p+1/t22-/m1/s1. The molecule has 0 aromatic heterocycles. The number of methoxy groups -OCH3 is 1. The van der Waals surface area contributed by atoms with E-state index in [1.165, 1.54) is 5.56 Å². The minimum Gasteiger partial charge on any atom is -0.497 e. The molecular formula is C22H23ClNO2+. The van der Waals surface area contributed by atoms with Gasteiger partial charge in [0.05, 0.1) is 7.11 Å². The molecule has 0 spiro atoms. The Morgan fingerprint density at radius 3 is 2.12 bits per heavy atom. The molecule has 0 aliphatic carbocycles. The molecule has 0 radical (unpaired) electrons. The summed E-state index contributed by atoms with van der Waals surface area (Å²) in [5, 5.41) is 14.3. The maximum absolute atomic E-state index is 11.5. The van der Waals surface area contributed by atoms with Crippen LogP contribution in [-0.2, 0) is 12.1 Å². The molecule has 3 N–H and O–H groups in total. The zero-order valence-electron chi connectivity index (χ0n) is 14.7. The summed E-state index contributed by atoms with van der Waals surface area (Å²) < 4.78 is 5.19. The van der Waals surface area contributed by atoms with Gasteiger partial charge in [-0.1, -0.05) is 54.1 Å². The van der Waals surface area contributed by atoms with E-state index in [1.54, 1.807) is 7.11 Å². The molecule has 0 aliphatic heterocycles. The zero-order valence-corrected chi connectivity index (χ0v) is 15.5. The van der Waals surface area contributed by atoms with Crippen molar-refractivity contribution in [3.8, 4) is 5.75 Å². The van der Waals surface area contributed by atoms with Crippen molar-refractivity contribution >= 4 is 11.6 Å². The van der Waals surface area contributed by atoms with Crippen molar-refractivity contribution in [2.24, 2.45) is 0 Å². The summed E-state index contributed by atoms with van der Waals surface area (Å²) in [6.45, 7) is 1.28. The van der Waals surface area contributed by atoms with Gasteiger partial charge in [0.2, 0.25) is 0 Å². The van der Waals surface area contributed by atoms with Crippen LogP contribution in [0.2, 0.25) is 5.02 Å². The van der Waals surface area contributed by atoms with E-state index in [2.05, 4.69) is 5.32 Å². The van der Waals surface area contributed by atoms with Crippen LogP contribution in [0, 0.1) is 0 Å². The van der Waals surface area contributed by atoms with Crippen molar-refractivity contribution in [3.05, 3.63) is 101 Å². The Hall–Kier alpha value is -2.33. The van der Waals surface area contributed by atoms with Crippen LogP contribution in [0.3, 0.4) is 0 Å². The zero-order chi connectivity index (χ0) is 18.4. The van der Waals surface area contributed by atoms with Crippen LogP contribution in [0.4, 0.5) is 0 Å². The Morgan fingerprint density at radius 2 is 1.50 bits per heavy atom. The molecule has 134 valence electrons. The highest BCUT2D eigenvalue weighted by Crippen LogP contribution is 2.29. The first-order valence-corrected chi connectivity index (χ1v) is 8.98. The van der Waals surface area contributed by atoms with Crippen LogP contribution in [0.25, 0.3) is 0 Å². The highest BCUT2D eigenvalue weighted by atomic mass is 35.5. The summed E-state index contributed by atoms with van der Waals surface area (Å²) in [6, 6.07) is 25.1. The second kappa shape index (κ2) is 8.37. The molecule has 0 saturated carbocycles. The van der Waals surface area contributed by atoms with Crippen molar-refractivity contribution in [2.45, 2.75) is 12.1 Å². The van der Waals surface area contributed by atoms with E-state index in [4.69, 9.17) is 16.3 Å². The topological polar surface area (TPSA) is 46.1 Å². The van der Waals surface area contributed by atoms with Crippen LogP contribution in [0.1, 0.15) is 16.7 Å². The van der Waals surface area contributed by atoms with Crippen molar-refractivity contribution in [3.63, 3.8) is 0 Å². The minimum atomic E-state index is -1.09. The van der Waals surface area contributed by atoms with Gasteiger partial charge in [-0.05, 0) is 47.5 Å². The lowest BCUT2D eigenvalue weighted by atomic mass is 9.86. The Labute approximate surface area is 159 Å². The van der Waals surface area contributed by atoms with Crippen LogP contribution in [0.15, 0.2) is 78.9 Å². The Morgan fingerprint density at radius 1 is 0.885 bits per heavy atom. The van der Waals surface area contributed by atoms with E-state index < -0.39 is 5.60 Å². The molecule has 0 amide bonds. The van der Waals surface area contributed by atoms with E-state index in [1.807, 2.05) is 78.9 Å². The number of quaternary nitrogens is 1. The second-order valence-electron chi connectivity index (χ2n) is 6.28. The van der Waals surface area contributed by atoms with E-state index in [0.29, 0.717) is 11.6 Å². The Bertz CT molecular complexity index is 819. The van der Waals surface area contributed by atoms with Crippen LogP contribution < -0.4 is 10.1 Å². The third kappa shape index (κ3) is 4.25. The first kappa shape index (κ1) is 18.5. The molecule has 0 bridgehead atoms. The first-order chi connectivity index (χ1) is 12.6. The second-order valence-corrected chi connectivity index (χ2v) is 6.71. The van der Waals surface area contributed by atoms with Crippen LogP contribution >= 0.6 is 11.6 Å². The molecule has 0 heterocycles. The molecule has 3 aromatic carbocycles. The monoisotopic (exact) mass is 368 g/mol. The fourth-order valence-electron chi connectivity index (χ4n) is 3.05. The largest absolute Gasteiger partial charge is 0.497 e. The fraction of sp³-hybridized carbons (Fsp3) is 0.182. The quantitative estimate of drug-likeness (QED) is 0.671. The summed E-state index contributed by atoms with van der Waals surface area (Å²) >= 11 is 6.02. The predicted molar refractivity (Wildman–Crippen MR) is 104 cm³/mol. The smallest absolute Gasteiger partial charge is 0.163 e. The van der Waals surface area contributed by atoms with Crippen LogP contribution in [-0.4, -0.2) is 18.8 Å². The van der Waals surface area contributed by atoms with Crippen molar-refractivity contribution in [1.82, 2.24) is 0 Å². The minimum absolute atomic E-state index is 0.505. The molecule has 26 heavy (non-hydrogen) atoms. The van der Waals surface area contributed by atoms with Crippen molar-refractivity contribution in [1.29, 1.82) is 0 Å². The van der Waals surface area contributed by atoms with Gasteiger partial charge in [0.15, 0.2) is 5.60 Å². The van der Waals surface area contributed by atoms with Gasteiger partial charge in [-0.3, -0.25) is 0 Å². The molecule has 0 saturated heterocycles. The van der Waals surface area contributed by atoms with E-state index in [-0.39, 0.29) is 0 Å². The number of hydrogen-bond acceptors (Lipinski definition) is 2. The summed E-state index contributed by atoms with van der Waals surface area (Å²) in [5.74, 6) is 0.843. The summed E-state index contributed by atoms with van der Waals surface area (Å²) in [5.41, 5.74) is 1.79. The van der Waals surface area contributed by atoms with Crippen molar-refractivity contribution in [2.75, 3.05) is 13.7 Å². The van der Waals surface area contributed by atoms with Gasteiger partial charge in [0.25, 0.3) is 0 Å². The SMILES string of the molecule is COc1ccc(C[NH2+]C[C@@](O)(c2ccccc2)c2ccc(Cl)cc2)cc1. The number of nitrogens with two attached hydrogens (primary N) is 1. The molecule has 0 fully saturated rings. The molecule has 0 aliphatic rings. The lowest BCUT2D eigenvalue weighted by molar-refractivity contribution is -0.682. The van der Waals surface area contributed by atoms with Gasteiger partial charge in [0.1, 0.15) is 18.8 Å². The number of halogens is 1. The number of aliphatic hydroxyl groups is 1. The number of hydrogen-bond donors (Lipinski definition) is 2. The van der Waals surface area contributed by atoms with Gasteiger partial charge in [0, 0.05) is 10.6 Å². The summed E-state index contributed by atoms with van der Waals surface area (Å²) in [4.78, 5) is 0. The maximum Gasteiger partial charge on any atom is 0.163 e. The molecule has 3 nitrogen and oxygen atoms in total. The molecule has 3 aromatic rings. The van der Waals surface area contributed by atoms with E-state index in [0.717, 1.165) is 23.4 Å². The number of ether oxygens (including phenoxy) is 1. The maximum atomic E-state index is 11.5. The lowest BCUT2D eigenvalue weighted by Crippen LogP contribution is -2.86. The molecule has 3 rings (SSSR count). The lowest BCUT2D eigenvalue weighted by Gasteiger charge is -2.28. The third-order valence-electron chi connectivity index (χ3n) is 4.55. The number of rotatable bonds is 7. The molecule has 4 heteroatoms. The average molecular weight is 369 g/mol. The van der Waals surface area contributed by atoms with Gasteiger partial charge >= 0.3 is 0 Å². The van der Waals surface area contributed by atoms with Gasteiger partial charge < -0.3 is 15.2 Å². The molecule has 1 atom stereocenters. The fourth-order valence-corrected chi connectivity index (χ4v) is 3.18. The van der Waals surface area contributed by atoms with Gasteiger partial charge in [-0.25, -0.2) is 0 Å². The summed E-state index contributed by atoms with van der Waals surface area (Å²) in [6.07, 6.45) is 0. The predicted octanol–water partition coefficient (Wildman–Crippen LogP) is 3.35. The van der Waals surface area contributed by atoms with E-state index in [9.17, 15) is 5.11 Å². The Balaban J connectivity index is 1.78.